The van der Waals surface area contributed by atoms with Crippen LogP contribution in [-0.2, 0) is 28.5 Å². The van der Waals surface area contributed by atoms with Crippen molar-refractivity contribution < 1.29 is 62.9 Å². The van der Waals surface area contributed by atoms with E-state index in [0.29, 0.717) is 27.8 Å². The molecule has 17 heteroatoms. The number of hydrogen-bond acceptors (Lipinski definition) is 15. The molecule has 8 aliphatic rings. The molecular formula is C43H46ClN3O13. The molecular weight excluding hydrogens is 802 g/mol. The highest BCUT2D eigenvalue weighted by atomic mass is 35.5. The third-order valence-electron chi connectivity index (χ3n) is 11.6. The zero-order valence-electron chi connectivity index (χ0n) is 33.6. The summed E-state index contributed by atoms with van der Waals surface area (Å²) < 4.78 is 42.9. The topological polar surface area (TPSA) is 218 Å². The number of benzene rings is 3. The summed E-state index contributed by atoms with van der Waals surface area (Å²) in [7, 11) is 4.97. The molecule has 6 aliphatic heterocycles. The molecule has 2 aliphatic carbocycles. The molecule has 0 aromatic heterocycles. The summed E-state index contributed by atoms with van der Waals surface area (Å²) >= 11 is 6.77. The van der Waals surface area contributed by atoms with Crippen LogP contribution in [0.1, 0.15) is 78.1 Å². The molecule has 1 saturated heterocycles. The Labute approximate surface area is 350 Å². The Kier molecular flexibility index (Phi) is 10.6. The van der Waals surface area contributed by atoms with Gasteiger partial charge in [0.25, 0.3) is 5.91 Å². The van der Waals surface area contributed by atoms with Gasteiger partial charge in [-0.15, -0.1) is 0 Å². The average Bonchev–Trinajstić information content (AvgIpc) is 3.70. The number of aliphatic hydroxyl groups is 2. The van der Waals surface area contributed by atoms with Crippen LogP contribution in [0.3, 0.4) is 0 Å². The molecule has 3 aromatic carbocycles. The van der Waals surface area contributed by atoms with E-state index in [-0.39, 0.29) is 45.7 Å². The number of fused-ring (bicyclic) bond motifs is 2. The molecule has 6 heterocycles. The molecule has 16 nitrogen and oxygen atoms in total. The van der Waals surface area contributed by atoms with Gasteiger partial charge in [-0.25, -0.2) is 4.79 Å². The molecule has 1 fully saturated rings. The molecule has 6 N–H and O–H groups in total. The van der Waals surface area contributed by atoms with Gasteiger partial charge in [0.15, 0.2) is 41.7 Å². The molecule has 0 spiro atoms. The van der Waals surface area contributed by atoms with Gasteiger partial charge in [-0.05, 0) is 87.5 Å². The first-order valence-corrected chi connectivity index (χ1v) is 19.7. The first kappa shape index (κ1) is 41.5. The van der Waals surface area contributed by atoms with Gasteiger partial charge < -0.3 is 64.4 Å². The van der Waals surface area contributed by atoms with Gasteiger partial charge in [0.2, 0.25) is 0 Å². The van der Waals surface area contributed by atoms with Crippen LogP contribution in [0, 0.1) is 0 Å². The zero-order chi connectivity index (χ0) is 43.0. The van der Waals surface area contributed by atoms with Gasteiger partial charge in [-0.3, -0.25) is 9.59 Å². The maximum atomic E-state index is 14.2. The Bertz CT molecular complexity index is 2310. The summed E-state index contributed by atoms with van der Waals surface area (Å²) in [5.41, 5.74) is 6.23. The highest BCUT2D eigenvalue weighted by Gasteiger charge is 2.58. The number of ether oxygens (including phenoxy) is 7. The largest absolute Gasteiger partial charge is 0.504 e. The van der Waals surface area contributed by atoms with Gasteiger partial charge >= 0.3 is 11.9 Å². The van der Waals surface area contributed by atoms with Gasteiger partial charge in [0.1, 0.15) is 30.3 Å². The number of rotatable bonds is 6. The number of allylic oxidation sites excluding steroid dienone is 2. The second-order valence-corrected chi connectivity index (χ2v) is 16.6. The lowest BCUT2D eigenvalue weighted by atomic mass is 9.86. The van der Waals surface area contributed by atoms with Crippen molar-refractivity contribution in [2.45, 2.75) is 87.3 Å². The maximum absolute atomic E-state index is 14.2. The fourth-order valence-corrected chi connectivity index (χ4v) is 9.02. The Morgan fingerprint density at radius 3 is 2.53 bits per heavy atom. The van der Waals surface area contributed by atoms with Crippen molar-refractivity contribution in [2.75, 3.05) is 33.1 Å². The summed E-state index contributed by atoms with van der Waals surface area (Å²) in [5.74, 6) is -2.09. The number of esters is 2. The number of methoxy groups -OCH3 is 1. The smallest absolute Gasteiger partial charge is 0.341 e. The van der Waals surface area contributed by atoms with Crippen molar-refractivity contribution in [3.8, 4) is 23.0 Å². The molecule has 6 bridgehead atoms. The Hall–Kier alpha value is -5.20. The van der Waals surface area contributed by atoms with Gasteiger partial charge in [0, 0.05) is 17.7 Å². The first-order chi connectivity index (χ1) is 28.4. The minimum Gasteiger partial charge on any atom is -0.504 e. The normalized spacial score (nSPS) is 30.1. The number of halogens is 1. The van der Waals surface area contributed by atoms with Crippen LogP contribution in [-0.4, -0.2) is 108 Å². The van der Waals surface area contributed by atoms with Crippen LogP contribution in [0.4, 0.5) is 5.69 Å². The summed E-state index contributed by atoms with van der Waals surface area (Å²) in [6.07, 6.45) is -2.38. The quantitative estimate of drug-likeness (QED) is 0.219. The number of amides is 1. The Balaban J connectivity index is 1.23. The standard InChI is InChI=1S/C43H46ClN3O13/c1-19-39(52)46-33-25(15-22(54-6)16-30(33)56-19)40(53)57-31-18-55-32(49)17-28(45)21-13-27(44)36(29(48)14-21)58-38-23-10-9-20(31)12-24(23)26-8-7-11-43(26,38)60-41-35(51)34(50)37(47(4)5)42(2,3)59-41/h7-16,19,28,31,34-35,37-38,41,48,50-51H,17-18,45H2,1-6H3,(H,46,52)/t19-,28-,31-,34-,35+,37-,38+,41-,43+/m0/s1. The predicted molar refractivity (Wildman–Crippen MR) is 215 cm³/mol. The number of anilines is 1. The number of nitrogens with one attached hydrogen (secondary N) is 1. The summed E-state index contributed by atoms with van der Waals surface area (Å²) in [6.45, 7) is 4.70. The molecule has 0 radical (unpaired) electrons. The third-order valence-corrected chi connectivity index (χ3v) is 11.9. The number of hydrogen-bond donors (Lipinski definition) is 5. The second-order valence-electron chi connectivity index (χ2n) is 16.2. The van der Waals surface area contributed by atoms with E-state index in [1.54, 1.807) is 76.2 Å². The molecule has 1 amide bonds. The molecule has 318 valence electrons. The predicted octanol–water partition coefficient (Wildman–Crippen LogP) is 4.25. The van der Waals surface area contributed by atoms with Gasteiger partial charge in [0.05, 0.1) is 41.4 Å². The highest BCUT2D eigenvalue weighted by molar-refractivity contribution is 6.32. The number of aliphatic hydroxyl groups excluding tert-OH is 2. The zero-order valence-corrected chi connectivity index (χ0v) is 34.4. The molecule has 0 saturated carbocycles. The number of likely N-dealkylation sites (N-methyl/N-ethyl adjacent to an activating group) is 1. The molecule has 0 unspecified atom stereocenters. The van der Waals surface area contributed by atoms with Crippen LogP contribution >= 0.6 is 11.6 Å². The van der Waals surface area contributed by atoms with E-state index in [2.05, 4.69) is 5.32 Å². The summed E-state index contributed by atoms with van der Waals surface area (Å²) in [5, 5.41) is 37.0. The van der Waals surface area contributed by atoms with Crippen molar-refractivity contribution in [3.05, 3.63) is 93.5 Å². The molecule has 60 heavy (non-hydrogen) atoms. The van der Waals surface area contributed by atoms with E-state index < -0.39 is 84.5 Å². The van der Waals surface area contributed by atoms with Crippen LogP contribution in [0.25, 0.3) is 5.57 Å². The van der Waals surface area contributed by atoms with Crippen molar-refractivity contribution in [1.29, 1.82) is 0 Å². The number of nitrogens with zero attached hydrogens (tertiary/aromatic N) is 1. The Morgan fingerprint density at radius 2 is 1.82 bits per heavy atom. The van der Waals surface area contributed by atoms with E-state index in [1.807, 2.05) is 0 Å². The summed E-state index contributed by atoms with van der Waals surface area (Å²) in [4.78, 5) is 41.9. The second kappa shape index (κ2) is 15.4. The number of carbonyl (C=O) groups excluding carboxylic acids is 3. The Morgan fingerprint density at radius 1 is 1.05 bits per heavy atom. The van der Waals surface area contributed by atoms with Crippen molar-refractivity contribution in [2.24, 2.45) is 5.73 Å². The average molecular weight is 848 g/mol. The molecule has 11 rings (SSSR count). The van der Waals surface area contributed by atoms with Crippen LogP contribution < -0.4 is 25.3 Å². The lowest BCUT2D eigenvalue weighted by Gasteiger charge is -2.51. The summed E-state index contributed by atoms with van der Waals surface area (Å²) in [6, 6.07) is 9.31. The minimum atomic E-state index is -1.54. The van der Waals surface area contributed by atoms with Crippen LogP contribution in [0.2, 0.25) is 5.02 Å². The fourth-order valence-electron chi connectivity index (χ4n) is 8.75. The lowest BCUT2D eigenvalue weighted by Crippen LogP contribution is -2.67. The van der Waals surface area contributed by atoms with Gasteiger partial charge in [-0.2, -0.15) is 0 Å². The SMILES string of the molecule is COc1cc2c(c(C(=O)O[C@H]3COC(=O)C[C@H](N)c4cc(O)c(c(Cl)c4)O[C@@H]4c5ccc3cc5C3=CC=C[C@@]34O[C@@H]3OC(C)(C)[C@@H](N(C)C)[C@@H](O)[C@H]3O)c1)NC(=O)[C@H](C)O2. The van der Waals surface area contributed by atoms with Crippen LogP contribution in [0.15, 0.2) is 60.7 Å². The number of nitrogens with two attached hydrogens (primary N) is 1. The van der Waals surface area contributed by atoms with E-state index in [4.69, 9.17) is 50.5 Å². The maximum Gasteiger partial charge on any atom is 0.341 e. The van der Waals surface area contributed by atoms with Crippen LogP contribution in [0.5, 0.6) is 23.0 Å². The fraction of sp³-hybridized carbons (Fsp3) is 0.419. The van der Waals surface area contributed by atoms with Gasteiger partial charge in [-0.1, -0.05) is 35.9 Å². The number of phenolic OH excluding ortho intramolecular Hbond substituents is 1. The van der Waals surface area contributed by atoms with E-state index in [9.17, 15) is 29.7 Å². The third kappa shape index (κ3) is 7.05. The highest BCUT2D eigenvalue weighted by Crippen LogP contribution is 2.58. The molecule has 3 aromatic rings. The van der Waals surface area contributed by atoms with Crippen molar-refractivity contribution in [1.82, 2.24) is 4.90 Å². The molecule has 9 atom stereocenters. The number of carbonyl (C=O) groups is 3. The lowest BCUT2D eigenvalue weighted by molar-refractivity contribution is -0.329. The first-order valence-electron chi connectivity index (χ1n) is 19.4. The minimum absolute atomic E-state index is 0.00396. The van der Waals surface area contributed by atoms with E-state index in [1.165, 1.54) is 31.4 Å². The monoisotopic (exact) mass is 847 g/mol. The van der Waals surface area contributed by atoms with Crippen molar-refractivity contribution in [3.63, 3.8) is 0 Å². The van der Waals surface area contributed by atoms with E-state index in [0.717, 1.165) is 0 Å². The number of aromatic hydroxyl groups is 1. The number of phenols is 1. The van der Waals surface area contributed by atoms with E-state index >= 15 is 0 Å². The van der Waals surface area contributed by atoms with Crippen molar-refractivity contribution >= 4 is 40.7 Å².